The van der Waals surface area contributed by atoms with Crippen LogP contribution in [0.5, 0.6) is 0 Å². The zero-order chi connectivity index (χ0) is 13.2. The van der Waals surface area contributed by atoms with E-state index in [-0.39, 0.29) is 24.0 Å². The van der Waals surface area contributed by atoms with Crippen LogP contribution < -0.4 is 10.6 Å². The number of guanidine groups is 1. The monoisotopic (exact) mass is 379 g/mol. The van der Waals surface area contributed by atoms with Gasteiger partial charge < -0.3 is 10.6 Å². The van der Waals surface area contributed by atoms with Crippen LogP contribution in [-0.2, 0) is 0 Å². The quantitative estimate of drug-likeness (QED) is 0.318. The molecule has 1 atom stereocenters. The summed E-state index contributed by atoms with van der Waals surface area (Å²) in [5.41, 5.74) is 1.60. The van der Waals surface area contributed by atoms with E-state index in [1.165, 1.54) is 25.7 Å². The summed E-state index contributed by atoms with van der Waals surface area (Å²) in [6.45, 7) is 8.31. The van der Waals surface area contributed by atoms with E-state index in [1.807, 2.05) is 0 Å². The maximum Gasteiger partial charge on any atom is 0.191 e. The molecule has 1 unspecified atom stereocenters. The van der Waals surface area contributed by atoms with E-state index in [4.69, 9.17) is 0 Å². The van der Waals surface area contributed by atoms with Crippen molar-refractivity contribution in [2.45, 2.75) is 65.3 Å². The van der Waals surface area contributed by atoms with Crippen molar-refractivity contribution in [2.75, 3.05) is 13.1 Å². The molecule has 4 heteroatoms. The van der Waals surface area contributed by atoms with Crippen molar-refractivity contribution >= 4 is 29.9 Å². The maximum atomic E-state index is 4.65. The number of aliphatic imine (C=N–C) groups is 1. The largest absolute Gasteiger partial charge is 0.357 e. The van der Waals surface area contributed by atoms with Crippen molar-refractivity contribution in [2.24, 2.45) is 4.99 Å². The fourth-order valence-corrected chi connectivity index (χ4v) is 2.10. The van der Waals surface area contributed by atoms with Crippen LogP contribution in [0.2, 0.25) is 0 Å². The molecule has 0 saturated heterocycles. The molecule has 0 radical (unpaired) electrons. The molecule has 0 aromatic heterocycles. The SMILES string of the molecule is CCNC(=NCCC1=CCCCC1)NC(C)CC.I. The second-order valence-electron chi connectivity index (χ2n) is 5.07. The Bertz CT molecular complexity index is 287. The molecule has 0 heterocycles. The minimum atomic E-state index is 0. The van der Waals surface area contributed by atoms with Crippen molar-refractivity contribution in [3.05, 3.63) is 11.6 Å². The highest BCUT2D eigenvalue weighted by molar-refractivity contribution is 14.0. The molecule has 0 amide bonds. The second-order valence-corrected chi connectivity index (χ2v) is 5.07. The van der Waals surface area contributed by atoms with Gasteiger partial charge in [-0.3, -0.25) is 4.99 Å². The number of nitrogens with one attached hydrogen (secondary N) is 2. The van der Waals surface area contributed by atoms with Gasteiger partial charge in [0.1, 0.15) is 0 Å². The van der Waals surface area contributed by atoms with E-state index in [9.17, 15) is 0 Å². The van der Waals surface area contributed by atoms with Gasteiger partial charge in [0.2, 0.25) is 0 Å². The minimum Gasteiger partial charge on any atom is -0.357 e. The van der Waals surface area contributed by atoms with Gasteiger partial charge in [-0.05, 0) is 52.4 Å². The number of hydrogen-bond donors (Lipinski definition) is 2. The summed E-state index contributed by atoms with van der Waals surface area (Å²) < 4.78 is 0. The fraction of sp³-hybridized carbons (Fsp3) is 0.800. The Morgan fingerprint density at radius 2 is 2.16 bits per heavy atom. The van der Waals surface area contributed by atoms with Gasteiger partial charge in [-0.25, -0.2) is 0 Å². The fourth-order valence-electron chi connectivity index (χ4n) is 2.10. The number of allylic oxidation sites excluding steroid dienone is 1. The van der Waals surface area contributed by atoms with Crippen molar-refractivity contribution in [3.8, 4) is 0 Å². The standard InChI is InChI=1S/C15H29N3.HI/c1-4-13(3)18-15(16-5-2)17-12-11-14-9-7-6-8-10-14;/h9,13H,4-8,10-12H2,1-3H3,(H2,16,17,18);1H. The first kappa shape index (κ1) is 18.7. The molecule has 0 aromatic carbocycles. The number of nitrogens with zero attached hydrogens (tertiary/aromatic N) is 1. The predicted molar refractivity (Wildman–Crippen MR) is 95.5 cm³/mol. The minimum absolute atomic E-state index is 0. The van der Waals surface area contributed by atoms with Crippen molar-refractivity contribution in [3.63, 3.8) is 0 Å². The lowest BCUT2D eigenvalue weighted by atomic mass is 9.97. The maximum absolute atomic E-state index is 4.65. The lowest BCUT2D eigenvalue weighted by Crippen LogP contribution is -2.42. The zero-order valence-electron chi connectivity index (χ0n) is 12.7. The summed E-state index contributed by atoms with van der Waals surface area (Å²) in [6.07, 6.45) is 9.93. The summed E-state index contributed by atoms with van der Waals surface area (Å²) >= 11 is 0. The molecule has 112 valence electrons. The highest BCUT2D eigenvalue weighted by Gasteiger charge is 2.04. The topological polar surface area (TPSA) is 36.4 Å². The van der Waals surface area contributed by atoms with Crippen LogP contribution in [0.3, 0.4) is 0 Å². The predicted octanol–water partition coefficient (Wildman–Crippen LogP) is 3.85. The van der Waals surface area contributed by atoms with Gasteiger partial charge in [-0.2, -0.15) is 0 Å². The average Bonchev–Trinajstić information content (AvgIpc) is 2.40. The molecule has 0 aliphatic heterocycles. The Morgan fingerprint density at radius 3 is 2.74 bits per heavy atom. The molecule has 2 N–H and O–H groups in total. The Hall–Kier alpha value is -0.260. The number of rotatable bonds is 6. The summed E-state index contributed by atoms with van der Waals surface area (Å²) in [4.78, 5) is 4.65. The van der Waals surface area contributed by atoms with Gasteiger partial charge in [-0.1, -0.05) is 18.6 Å². The molecular weight excluding hydrogens is 349 g/mol. The average molecular weight is 379 g/mol. The van der Waals surface area contributed by atoms with E-state index >= 15 is 0 Å². The van der Waals surface area contributed by atoms with Crippen LogP contribution in [-0.4, -0.2) is 25.1 Å². The molecule has 0 bridgehead atoms. The van der Waals surface area contributed by atoms with Gasteiger partial charge in [0, 0.05) is 19.1 Å². The highest BCUT2D eigenvalue weighted by Crippen LogP contribution is 2.19. The highest BCUT2D eigenvalue weighted by atomic mass is 127. The van der Waals surface area contributed by atoms with E-state index < -0.39 is 0 Å². The Labute approximate surface area is 135 Å². The third kappa shape index (κ3) is 8.50. The first-order valence-electron chi connectivity index (χ1n) is 7.49. The smallest absolute Gasteiger partial charge is 0.191 e. The molecule has 1 aliphatic rings. The van der Waals surface area contributed by atoms with Crippen LogP contribution in [0.1, 0.15) is 59.3 Å². The van der Waals surface area contributed by atoms with Crippen LogP contribution >= 0.6 is 24.0 Å². The molecule has 0 aromatic rings. The summed E-state index contributed by atoms with van der Waals surface area (Å²) in [6, 6.07) is 0.483. The van der Waals surface area contributed by atoms with Crippen LogP contribution in [0.25, 0.3) is 0 Å². The molecule has 19 heavy (non-hydrogen) atoms. The molecular formula is C15H30IN3. The summed E-state index contributed by atoms with van der Waals surface area (Å²) in [7, 11) is 0. The third-order valence-electron chi connectivity index (χ3n) is 3.43. The number of halogens is 1. The first-order chi connectivity index (χ1) is 8.76. The van der Waals surface area contributed by atoms with Crippen LogP contribution in [0.15, 0.2) is 16.6 Å². The summed E-state index contributed by atoms with van der Waals surface area (Å²) in [5.74, 6) is 0.961. The Balaban J connectivity index is 0.00000324. The van der Waals surface area contributed by atoms with Crippen molar-refractivity contribution in [1.82, 2.24) is 10.6 Å². The van der Waals surface area contributed by atoms with E-state index in [0.29, 0.717) is 6.04 Å². The second kappa shape index (κ2) is 11.6. The van der Waals surface area contributed by atoms with Crippen molar-refractivity contribution < 1.29 is 0 Å². The third-order valence-corrected chi connectivity index (χ3v) is 3.43. The molecule has 3 nitrogen and oxygen atoms in total. The van der Waals surface area contributed by atoms with Crippen LogP contribution in [0, 0.1) is 0 Å². The first-order valence-corrected chi connectivity index (χ1v) is 7.49. The molecule has 0 fully saturated rings. The molecule has 1 rings (SSSR count). The lowest BCUT2D eigenvalue weighted by molar-refractivity contribution is 0.623. The van der Waals surface area contributed by atoms with E-state index in [0.717, 1.165) is 31.9 Å². The molecule has 0 saturated carbocycles. The van der Waals surface area contributed by atoms with E-state index in [2.05, 4.69) is 42.5 Å². The van der Waals surface area contributed by atoms with Gasteiger partial charge in [0.05, 0.1) is 0 Å². The lowest BCUT2D eigenvalue weighted by Gasteiger charge is -2.16. The number of hydrogen-bond acceptors (Lipinski definition) is 1. The Morgan fingerprint density at radius 1 is 1.37 bits per heavy atom. The summed E-state index contributed by atoms with van der Waals surface area (Å²) in [5, 5.41) is 6.73. The Kier molecular flexibility index (Phi) is 11.4. The van der Waals surface area contributed by atoms with Gasteiger partial charge in [-0.15, -0.1) is 24.0 Å². The zero-order valence-corrected chi connectivity index (χ0v) is 15.0. The van der Waals surface area contributed by atoms with Crippen molar-refractivity contribution in [1.29, 1.82) is 0 Å². The van der Waals surface area contributed by atoms with Gasteiger partial charge >= 0.3 is 0 Å². The molecule has 1 aliphatic carbocycles. The van der Waals surface area contributed by atoms with E-state index in [1.54, 1.807) is 5.57 Å². The van der Waals surface area contributed by atoms with Crippen LogP contribution in [0.4, 0.5) is 0 Å². The van der Waals surface area contributed by atoms with Gasteiger partial charge in [0.15, 0.2) is 5.96 Å². The van der Waals surface area contributed by atoms with Gasteiger partial charge in [0.25, 0.3) is 0 Å². The molecule has 0 spiro atoms. The normalized spacial score (nSPS) is 17.2.